The number of ether oxygens (including phenoxy) is 3. The van der Waals surface area contributed by atoms with Crippen molar-refractivity contribution < 1.29 is 24.1 Å². The van der Waals surface area contributed by atoms with Crippen LogP contribution in [0.4, 0.5) is 11.4 Å². The van der Waals surface area contributed by atoms with E-state index in [0.717, 1.165) is 39.7 Å². The maximum atomic E-state index is 13.8. The second-order valence-corrected chi connectivity index (χ2v) is 8.94. The van der Waals surface area contributed by atoms with E-state index in [1.807, 2.05) is 55.5 Å². The summed E-state index contributed by atoms with van der Waals surface area (Å²) in [5, 5.41) is 17.4. The molecular formula is C29H30N2O5. The molecule has 1 heterocycles. The van der Waals surface area contributed by atoms with Gasteiger partial charge in [-0.2, -0.15) is 0 Å². The molecule has 0 fully saturated rings. The number of para-hydroxylation sites is 2. The van der Waals surface area contributed by atoms with Crippen molar-refractivity contribution in [1.29, 1.82) is 0 Å². The van der Waals surface area contributed by atoms with Gasteiger partial charge in [0.1, 0.15) is 11.5 Å². The summed E-state index contributed by atoms with van der Waals surface area (Å²) in [5.74, 6) is 1.91. The number of carbonyl (C=O) groups excluding carboxylic acids is 1. The number of benzene rings is 3. The van der Waals surface area contributed by atoms with Crippen molar-refractivity contribution in [2.45, 2.75) is 31.7 Å². The van der Waals surface area contributed by atoms with E-state index < -0.39 is 6.04 Å². The zero-order valence-corrected chi connectivity index (χ0v) is 20.6. The number of ketones is 1. The number of methoxy groups -OCH3 is 2. The van der Waals surface area contributed by atoms with Crippen molar-refractivity contribution >= 4 is 17.2 Å². The van der Waals surface area contributed by atoms with Crippen LogP contribution in [0.3, 0.4) is 0 Å². The van der Waals surface area contributed by atoms with Crippen molar-refractivity contribution in [2.24, 2.45) is 0 Å². The van der Waals surface area contributed by atoms with Crippen molar-refractivity contribution in [3.63, 3.8) is 0 Å². The molecule has 0 bridgehead atoms. The van der Waals surface area contributed by atoms with E-state index in [4.69, 9.17) is 14.2 Å². The van der Waals surface area contributed by atoms with E-state index >= 15 is 0 Å². The van der Waals surface area contributed by atoms with Crippen LogP contribution in [0.1, 0.15) is 42.9 Å². The molecule has 2 aliphatic rings. The molecule has 186 valence electrons. The average molecular weight is 487 g/mol. The van der Waals surface area contributed by atoms with E-state index in [1.54, 1.807) is 26.4 Å². The van der Waals surface area contributed by atoms with Gasteiger partial charge in [0, 0.05) is 29.2 Å². The normalized spacial score (nSPS) is 18.8. The summed E-state index contributed by atoms with van der Waals surface area (Å²) in [5.41, 5.74) is 5.15. The molecule has 7 nitrogen and oxygen atoms in total. The molecule has 0 radical (unpaired) electrons. The van der Waals surface area contributed by atoms with Crippen LogP contribution in [-0.4, -0.2) is 31.7 Å². The minimum Gasteiger partial charge on any atom is -0.504 e. The molecule has 0 spiro atoms. The molecule has 3 N–H and O–H groups in total. The van der Waals surface area contributed by atoms with Crippen LogP contribution < -0.4 is 24.8 Å². The maximum Gasteiger partial charge on any atom is 0.163 e. The highest BCUT2D eigenvalue weighted by atomic mass is 16.5. The molecule has 7 heteroatoms. The lowest BCUT2D eigenvalue weighted by molar-refractivity contribution is -0.116. The Kier molecular flexibility index (Phi) is 6.46. The van der Waals surface area contributed by atoms with Gasteiger partial charge < -0.3 is 30.0 Å². The average Bonchev–Trinajstić information content (AvgIpc) is 3.06. The van der Waals surface area contributed by atoms with Gasteiger partial charge in [-0.25, -0.2) is 0 Å². The quantitative estimate of drug-likeness (QED) is 0.406. The lowest BCUT2D eigenvalue weighted by atomic mass is 9.78. The number of anilines is 2. The first-order valence-corrected chi connectivity index (χ1v) is 12.1. The SMILES string of the molecule is CCOc1cc(C2Nc3ccccc3NC3=C2C(=O)CC(c2cc(OC)ccc2OC)C3)ccc1O. The molecule has 1 aliphatic carbocycles. The minimum absolute atomic E-state index is 0.0509. The molecule has 3 aromatic carbocycles. The molecule has 3 aromatic rings. The number of Topliss-reactive ketones (excluding diaryl/α,β-unsaturated/α-hetero) is 1. The second-order valence-electron chi connectivity index (χ2n) is 8.94. The van der Waals surface area contributed by atoms with Gasteiger partial charge in [0.05, 0.1) is 38.2 Å². The molecule has 0 saturated carbocycles. The van der Waals surface area contributed by atoms with Gasteiger partial charge in [0.2, 0.25) is 0 Å². The molecule has 2 unspecified atom stereocenters. The number of fused-ring (bicyclic) bond motifs is 1. The van der Waals surface area contributed by atoms with Gasteiger partial charge in [0.15, 0.2) is 17.3 Å². The Hall–Kier alpha value is -4.13. The number of allylic oxidation sites excluding steroid dienone is 1. The third kappa shape index (κ3) is 4.33. The highest BCUT2D eigenvalue weighted by Crippen LogP contribution is 2.47. The molecule has 36 heavy (non-hydrogen) atoms. The third-order valence-corrected chi connectivity index (χ3v) is 6.80. The highest BCUT2D eigenvalue weighted by Gasteiger charge is 2.37. The van der Waals surface area contributed by atoms with Crippen molar-refractivity contribution in [1.82, 2.24) is 0 Å². The Morgan fingerprint density at radius 3 is 2.50 bits per heavy atom. The second kappa shape index (κ2) is 9.85. The standard InChI is InChI=1S/C29H30N2O5/c1-4-36-27-15-17(9-11-24(27)32)29-28-23(30-21-7-5-6-8-22(21)31-29)13-18(14-25(28)33)20-16-19(34-2)10-12-26(20)35-3/h5-12,15-16,18,29-32H,4,13-14H2,1-3H3. The predicted molar refractivity (Wildman–Crippen MR) is 139 cm³/mol. The molecule has 1 aliphatic heterocycles. The largest absolute Gasteiger partial charge is 0.504 e. The number of phenols is 1. The summed E-state index contributed by atoms with van der Waals surface area (Å²) in [6.07, 6.45) is 0.975. The first kappa shape index (κ1) is 23.6. The maximum absolute atomic E-state index is 13.8. The first-order chi connectivity index (χ1) is 17.5. The van der Waals surface area contributed by atoms with E-state index in [0.29, 0.717) is 30.8 Å². The molecular weight excluding hydrogens is 456 g/mol. The Bertz CT molecular complexity index is 1330. The fraction of sp³-hybridized carbons (Fsp3) is 0.276. The highest BCUT2D eigenvalue weighted by molar-refractivity contribution is 6.01. The van der Waals surface area contributed by atoms with Crippen LogP contribution in [0, 0.1) is 0 Å². The van der Waals surface area contributed by atoms with Crippen molar-refractivity contribution in [3.8, 4) is 23.0 Å². The van der Waals surface area contributed by atoms with E-state index in [1.165, 1.54) is 0 Å². The fourth-order valence-electron chi connectivity index (χ4n) is 5.10. The van der Waals surface area contributed by atoms with Crippen LogP contribution in [0.5, 0.6) is 23.0 Å². The van der Waals surface area contributed by atoms with Gasteiger partial charge in [-0.1, -0.05) is 18.2 Å². The zero-order chi connectivity index (χ0) is 25.2. The summed E-state index contributed by atoms with van der Waals surface area (Å²) in [6, 6.07) is 18.5. The number of hydrogen-bond acceptors (Lipinski definition) is 7. The lowest BCUT2D eigenvalue weighted by Gasteiger charge is -2.30. The van der Waals surface area contributed by atoms with Crippen LogP contribution in [0.25, 0.3) is 0 Å². The van der Waals surface area contributed by atoms with Crippen molar-refractivity contribution in [2.75, 3.05) is 31.5 Å². The summed E-state index contributed by atoms with van der Waals surface area (Å²) in [6.45, 7) is 2.30. The number of phenolic OH excluding ortho intramolecular Hbond substituents is 1. The number of aromatic hydroxyl groups is 1. The van der Waals surface area contributed by atoms with Gasteiger partial charge in [0.25, 0.3) is 0 Å². The Morgan fingerprint density at radius 1 is 0.944 bits per heavy atom. The van der Waals surface area contributed by atoms with Crippen LogP contribution in [0.15, 0.2) is 71.9 Å². The van der Waals surface area contributed by atoms with Gasteiger partial charge in [-0.15, -0.1) is 0 Å². The van der Waals surface area contributed by atoms with Gasteiger partial charge in [-0.3, -0.25) is 4.79 Å². The Balaban J connectivity index is 1.61. The molecule has 2 atom stereocenters. The van der Waals surface area contributed by atoms with E-state index in [-0.39, 0.29) is 17.5 Å². The molecule has 0 aromatic heterocycles. The topological polar surface area (TPSA) is 89.1 Å². The van der Waals surface area contributed by atoms with E-state index in [9.17, 15) is 9.90 Å². The summed E-state index contributed by atoms with van der Waals surface area (Å²) in [7, 11) is 3.27. The minimum atomic E-state index is -0.406. The summed E-state index contributed by atoms with van der Waals surface area (Å²) >= 11 is 0. The van der Waals surface area contributed by atoms with Crippen LogP contribution in [-0.2, 0) is 4.79 Å². The molecule has 0 amide bonds. The summed E-state index contributed by atoms with van der Waals surface area (Å²) < 4.78 is 16.7. The molecule has 0 saturated heterocycles. The van der Waals surface area contributed by atoms with Crippen molar-refractivity contribution in [3.05, 3.63) is 83.1 Å². The van der Waals surface area contributed by atoms with Crippen LogP contribution in [0.2, 0.25) is 0 Å². The van der Waals surface area contributed by atoms with Gasteiger partial charge in [-0.05, 0) is 61.4 Å². The number of rotatable bonds is 6. The predicted octanol–water partition coefficient (Wildman–Crippen LogP) is 5.79. The zero-order valence-electron chi connectivity index (χ0n) is 20.6. The number of nitrogens with one attached hydrogen (secondary N) is 2. The monoisotopic (exact) mass is 486 g/mol. The third-order valence-electron chi connectivity index (χ3n) is 6.80. The van der Waals surface area contributed by atoms with E-state index in [2.05, 4.69) is 10.6 Å². The Morgan fingerprint density at radius 2 is 1.75 bits per heavy atom. The Labute approximate surface area is 210 Å². The van der Waals surface area contributed by atoms with Gasteiger partial charge >= 0.3 is 0 Å². The summed E-state index contributed by atoms with van der Waals surface area (Å²) in [4.78, 5) is 13.8. The molecule has 5 rings (SSSR count). The number of carbonyl (C=O) groups is 1. The fourth-order valence-corrected chi connectivity index (χ4v) is 5.10. The smallest absolute Gasteiger partial charge is 0.163 e. The number of hydrogen-bond donors (Lipinski definition) is 3. The first-order valence-electron chi connectivity index (χ1n) is 12.1. The van der Waals surface area contributed by atoms with Crippen LogP contribution >= 0.6 is 0 Å². The lowest BCUT2D eigenvalue weighted by Crippen LogP contribution is -2.27.